The van der Waals surface area contributed by atoms with Crippen molar-refractivity contribution in [3.8, 4) is 0 Å². The summed E-state index contributed by atoms with van der Waals surface area (Å²) in [5.41, 5.74) is 0. The van der Waals surface area contributed by atoms with Crippen LogP contribution < -0.4 is 5.32 Å². The molecular weight excluding hydrogens is 236 g/mol. The van der Waals surface area contributed by atoms with Crippen molar-refractivity contribution in [2.75, 3.05) is 7.05 Å². The molecule has 0 fully saturated rings. The summed E-state index contributed by atoms with van der Waals surface area (Å²) in [6, 6.07) is 0.529. The number of unbranched alkanes of at least 4 members (excludes halogenated alkanes) is 4. The number of hydrogen-bond donors (Lipinski definition) is 1. The van der Waals surface area contributed by atoms with E-state index in [1.165, 1.54) is 38.5 Å². The van der Waals surface area contributed by atoms with Gasteiger partial charge >= 0.3 is 0 Å². The zero-order valence-corrected chi connectivity index (χ0v) is 12.9. The second kappa shape index (κ2) is 9.96. The first-order valence-electron chi connectivity index (χ1n) is 7.85. The Morgan fingerprint density at radius 3 is 2.63 bits per heavy atom. The number of rotatable bonds is 11. The van der Waals surface area contributed by atoms with Crippen molar-refractivity contribution in [2.45, 2.75) is 77.8 Å². The van der Waals surface area contributed by atoms with Crippen LogP contribution in [0.15, 0.2) is 6.33 Å². The fourth-order valence-electron chi connectivity index (χ4n) is 2.41. The van der Waals surface area contributed by atoms with Gasteiger partial charge in [-0.1, -0.05) is 46.0 Å². The molecule has 0 spiro atoms. The Hall–Kier alpha value is -0.900. The molecule has 4 nitrogen and oxygen atoms in total. The molecule has 1 aromatic rings. The lowest BCUT2D eigenvalue weighted by Crippen LogP contribution is -2.29. The Morgan fingerprint density at radius 1 is 1.16 bits per heavy atom. The summed E-state index contributed by atoms with van der Waals surface area (Å²) in [7, 11) is 2.05. The molecule has 0 radical (unpaired) electrons. The second-order valence-corrected chi connectivity index (χ2v) is 5.29. The highest BCUT2D eigenvalue weighted by Gasteiger charge is 2.11. The minimum atomic E-state index is 0.529. The third-order valence-electron chi connectivity index (χ3n) is 3.62. The summed E-state index contributed by atoms with van der Waals surface area (Å²) in [4.78, 5) is 4.39. The van der Waals surface area contributed by atoms with E-state index in [0.717, 1.165) is 25.2 Å². The van der Waals surface area contributed by atoms with Crippen molar-refractivity contribution in [2.24, 2.45) is 0 Å². The molecular formula is C15H30N4. The molecule has 1 aromatic heterocycles. The van der Waals surface area contributed by atoms with E-state index >= 15 is 0 Å². The van der Waals surface area contributed by atoms with Gasteiger partial charge in [-0.05, 0) is 19.9 Å². The Bertz CT molecular complexity index is 322. The maximum Gasteiger partial charge on any atom is 0.138 e. The lowest BCUT2D eigenvalue weighted by atomic mass is 10.0. The summed E-state index contributed by atoms with van der Waals surface area (Å²) >= 11 is 0. The van der Waals surface area contributed by atoms with Crippen molar-refractivity contribution in [3.63, 3.8) is 0 Å². The van der Waals surface area contributed by atoms with Crippen LogP contribution in [0, 0.1) is 0 Å². The molecule has 0 aliphatic heterocycles. The van der Waals surface area contributed by atoms with Crippen molar-refractivity contribution in [3.05, 3.63) is 12.2 Å². The molecule has 110 valence electrons. The van der Waals surface area contributed by atoms with Crippen LogP contribution in [-0.2, 0) is 13.0 Å². The Morgan fingerprint density at radius 2 is 1.95 bits per heavy atom. The van der Waals surface area contributed by atoms with Crippen molar-refractivity contribution >= 4 is 0 Å². The van der Waals surface area contributed by atoms with Crippen LogP contribution in [0.4, 0.5) is 0 Å². The molecule has 1 atom stereocenters. The first-order valence-corrected chi connectivity index (χ1v) is 7.85. The number of aromatic nitrogens is 3. The molecule has 1 heterocycles. The van der Waals surface area contributed by atoms with Crippen molar-refractivity contribution < 1.29 is 0 Å². The van der Waals surface area contributed by atoms with Crippen LogP contribution in [0.5, 0.6) is 0 Å². The van der Waals surface area contributed by atoms with E-state index in [9.17, 15) is 0 Å². The molecule has 1 N–H and O–H groups in total. The van der Waals surface area contributed by atoms with Gasteiger partial charge in [0.25, 0.3) is 0 Å². The van der Waals surface area contributed by atoms with E-state index in [1.807, 2.05) is 4.68 Å². The number of aryl methyl sites for hydroxylation is 1. The summed E-state index contributed by atoms with van der Waals surface area (Å²) in [6.45, 7) is 5.41. The van der Waals surface area contributed by atoms with Gasteiger partial charge in [0, 0.05) is 19.0 Å². The monoisotopic (exact) mass is 266 g/mol. The van der Waals surface area contributed by atoms with Crippen LogP contribution in [0.1, 0.15) is 64.6 Å². The third-order valence-corrected chi connectivity index (χ3v) is 3.62. The van der Waals surface area contributed by atoms with E-state index in [-0.39, 0.29) is 0 Å². The quantitative estimate of drug-likeness (QED) is 0.626. The van der Waals surface area contributed by atoms with E-state index in [2.05, 4.69) is 36.3 Å². The van der Waals surface area contributed by atoms with Gasteiger partial charge < -0.3 is 5.32 Å². The average molecular weight is 266 g/mol. The lowest BCUT2D eigenvalue weighted by Gasteiger charge is -2.16. The minimum absolute atomic E-state index is 0.529. The van der Waals surface area contributed by atoms with E-state index in [4.69, 9.17) is 0 Å². The van der Waals surface area contributed by atoms with Crippen molar-refractivity contribution in [1.82, 2.24) is 20.1 Å². The predicted octanol–water partition coefficient (Wildman–Crippen LogP) is 3.18. The SMILES string of the molecule is CCCCCCCC(Cc1ncnn1CCC)NC. The van der Waals surface area contributed by atoms with Gasteiger partial charge in [0.15, 0.2) is 0 Å². The molecule has 1 unspecified atom stereocenters. The normalized spacial score (nSPS) is 12.8. The molecule has 4 heteroatoms. The molecule has 0 saturated carbocycles. The van der Waals surface area contributed by atoms with Gasteiger partial charge in [-0.25, -0.2) is 4.98 Å². The highest BCUT2D eigenvalue weighted by Crippen LogP contribution is 2.10. The van der Waals surface area contributed by atoms with Gasteiger partial charge in [0.1, 0.15) is 12.2 Å². The smallest absolute Gasteiger partial charge is 0.138 e. The topological polar surface area (TPSA) is 42.7 Å². The van der Waals surface area contributed by atoms with Gasteiger partial charge in [0.2, 0.25) is 0 Å². The number of nitrogens with one attached hydrogen (secondary N) is 1. The van der Waals surface area contributed by atoms with Crippen LogP contribution in [-0.4, -0.2) is 27.9 Å². The van der Waals surface area contributed by atoms with Gasteiger partial charge in [-0.2, -0.15) is 5.10 Å². The summed E-state index contributed by atoms with van der Waals surface area (Å²) in [6.07, 6.45) is 11.7. The predicted molar refractivity (Wildman–Crippen MR) is 80.2 cm³/mol. The van der Waals surface area contributed by atoms with Crippen molar-refractivity contribution in [1.29, 1.82) is 0 Å². The van der Waals surface area contributed by atoms with Gasteiger partial charge in [-0.15, -0.1) is 0 Å². The third kappa shape index (κ3) is 6.19. The molecule has 0 saturated heterocycles. The fourth-order valence-corrected chi connectivity index (χ4v) is 2.41. The number of likely N-dealkylation sites (N-methyl/N-ethyl adjacent to an activating group) is 1. The second-order valence-electron chi connectivity index (χ2n) is 5.29. The molecule has 1 rings (SSSR count). The summed E-state index contributed by atoms with van der Waals surface area (Å²) < 4.78 is 2.04. The number of hydrogen-bond acceptors (Lipinski definition) is 3. The average Bonchev–Trinajstić information content (AvgIpc) is 2.85. The lowest BCUT2D eigenvalue weighted by molar-refractivity contribution is 0.457. The van der Waals surface area contributed by atoms with Crippen LogP contribution in [0.3, 0.4) is 0 Å². The Kier molecular flexibility index (Phi) is 8.47. The molecule has 0 aliphatic rings. The Labute approximate surface area is 118 Å². The van der Waals surface area contributed by atoms with E-state index in [0.29, 0.717) is 6.04 Å². The molecule has 0 bridgehead atoms. The van der Waals surface area contributed by atoms with Gasteiger partial charge in [0.05, 0.1) is 0 Å². The van der Waals surface area contributed by atoms with Gasteiger partial charge in [-0.3, -0.25) is 4.68 Å². The van der Waals surface area contributed by atoms with Crippen LogP contribution in [0.2, 0.25) is 0 Å². The maximum atomic E-state index is 4.39. The standard InChI is InChI=1S/C15H30N4/c1-4-6-7-8-9-10-14(16-3)12-15-17-13-18-19(15)11-5-2/h13-14,16H,4-12H2,1-3H3. The molecule has 0 aliphatic carbocycles. The zero-order chi connectivity index (χ0) is 13.9. The van der Waals surface area contributed by atoms with E-state index in [1.54, 1.807) is 6.33 Å². The summed E-state index contributed by atoms with van der Waals surface area (Å²) in [5, 5.41) is 7.71. The fraction of sp³-hybridized carbons (Fsp3) is 0.867. The van der Waals surface area contributed by atoms with E-state index < -0.39 is 0 Å². The largest absolute Gasteiger partial charge is 0.317 e. The number of nitrogens with zero attached hydrogens (tertiary/aromatic N) is 3. The first-order chi connectivity index (χ1) is 9.31. The molecule has 0 amide bonds. The zero-order valence-electron chi connectivity index (χ0n) is 12.9. The molecule has 19 heavy (non-hydrogen) atoms. The highest BCUT2D eigenvalue weighted by molar-refractivity contribution is 4.89. The molecule has 0 aromatic carbocycles. The minimum Gasteiger partial charge on any atom is -0.317 e. The highest BCUT2D eigenvalue weighted by atomic mass is 15.3. The summed E-state index contributed by atoms with van der Waals surface area (Å²) in [5.74, 6) is 1.12. The first kappa shape index (κ1) is 16.2. The van der Waals surface area contributed by atoms with Crippen LogP contribution in [0.25, 0.3) is 0 Å². The maximum absolute atomic E-state index is 4.39. The van der Waals surface area contributed by atoms with Crippen LogP contribution >= 0.6 is 0 Å². The Balaban J connectivity index is 2.32.